The van der Waals surface area contributed by atoms with Crippen molar-refractivity contribution in [2.45, 2.75) is 45.4 Å². The third-order valence-electron chi connectivity index (χ3n) is 6.30. The number of carbonyl (C=O) groups excluding carboxylic acids is 2. The second-order valence-corrected chi connectivity index (χ2v) is 9.34. The van der Waals surface area contributed by atoms with Crippen molar-refractivity contribution in [2.75, 3.05) is 13.1 Å². The van der Waals surface area contributed by atoms with Gasteiger partial charge in [0.2, 0.25) is 11.8 Å². The van der Waals surface area contributed by atoms with Gasteiger partial charge in [-0.05, 0) is 34.6 Å². The summed E-state index contributed by atoms with van der Waals surface area (Å²) < 4.78 is 0. The van der Waals surface area contributed by atoms with E-state index in [1.165, 1.54) is 22.3 Å². The van der Waals surface area contributed by atoms with Crippen molar-refractivity contribution in [1.82, 2.24) is 10.6 Å². The molecule has 2 bridgehead atoms. The molecule has 0 fully saturated rings. The third kappa shape index (κ3) is 3.81. The highest BCUT2D eigenvalue weighted by Crippen LogP contribution is 2.55. The summed E-state index contributed by atoms with van der Waals surface area (Å²) in [5.74, 6) is 1.14. The summed E-state index contributed by atoms with van der Waals surface area (Å²) in [4.78, 5) is 24.3. The summed E-state index contributed by atoms with van der Waals surface area (Å²) >= 11 is 0. The topological polar surface area (TPSA) is 58.2 Å². The Morgan fingerprint density at radius 2 is 1.45 bits per heavy atom. The zero-order valence-electron chi connectivity index (χ0n) is 17.5. The average molecular weight is 391 g/mol. The largest absolute Gasteiger partial charge is 0.356 e. The third-order valence-corrected chi connectivity index (χ3v) is 6.30. The fourth-order valence-corrected chi connectivity index (χ4v) is 4.85. The maximum Gasteiger partial charge on any atom is 0.225 e. The number of carbonyl (C=O) groups is 2. The van der Waals surface area contributed by atoms with E-state index in [9.17, 15) is 9.59 Å². The van der Waals surface area contributed by atoms with Crippen LogP contribution in [-0.2, 0) is 9.59 Å². The number of rotatable bonds is 5. The molecule has 3 aliphatic carbocycles. The molecule has 3 aliphatic rings. The summed E-state index contributed by atoms with van der Waals surface area (Å²) in [5, 5.41) is 5.97. The molecule has 0 aromatic heterocycles. The molecular formula is C25H30N2O2. The van der Waals surface area contributed by atoms with Crippen LogP contribution in [0.3, 0.4) is 0 Å². The number of hydrogen-bond acceptors (Lipinski definition) is 2. The fraction of sp³-hybridized carbons (Fsp3) is 0.440. The molecule has 1 atom stereocenters. The van der Waals surface area contributed by atoms with E-state index in [2.05, 4.69) is 59.2 Å². The monoisotopic (exact) mass is 390 g/mol. The van der Waals surface area contributed by atoms with Crippen LogP contribution in [0, 0.1) is 11.3 Å². The van der Waals surface area contributed by atoms with Gasteiger partial charge < -0.3 is 10.6 Å². The lowest BCUT2D eigenvalue weighted by molar-refractivity contribution is -0.128. The quantitative estimate of drug-likeness (QED) is 0.812. The Labute approximate surface area is 173 Å². The van der Waals surface area contributed by atoms with Gasteiger partial charge >= 0.3 is 0 Å². The standard InChI is InChI=1S/C25H30N2O2/c1-25(2,3)24(29)26-13-12-22(28)27-15-16-14-21-17-8-4-6-10-19(17)23(16)20-11-7-5-9-18(20)21/h4-11,16,21,23H,12-15H2,1-3H3,(H,26,29)(H,27,28). The van der Waals surface area contributed by atoms with E-state index >= 15 is 0 Å². The molecule has 0 aliphatic heterocycles. The van der Waals surface area contributed by atoms with E-state index in [0.29, 0.717) is 37.3 Å². The van der Waals surface area contributed by atoms with Gasteiger partial charge in [0.15, 0.2) is 0 Å². The number of amides is 2. The summed E-state index contributed by atoms with van der Waals surface area (Å²) in [6.07, 6.45) is 1.38. The zero-order valence-corrected chi connectivity index (χ0v) is 17.5. The van der Waals surface area contributed by atoms with Gasteiger partial charge in [-0.3, -0.25) is 9.59 Å². The Hall–Kier alpha value is -2.62. The van der Waals surface area contributed by atoms with Gasteiger partial charge in [0.25, 0.3) is 0 Å². The molecule has 29 heavy (non-hydrogen) atoms. The van der Waals surface area contributed by atoms with Crippen molar-refractivity contribution in [2.24, 2.45) is 11.3 Å². The molecule has 152 valence electrons. The number of fused-ring (bicyclic) bond motifs is 1. The molecule has 2 aromatic carbocycles. The van der Waals surface area contributed by atoms with E-state index in [1.54, 1.807) is 0 Å². The molecule has 1 unspecified atom stereocenters. The van der Waals surface area contributed by atoms with Crippen LogP contribution in [0.1, 0.15) is 67.7 Å². The Balaban J connectivity index is 1.40. The van der Waals surface area contributed by atoms with Gasteiger partial charge in [-0.1, -0.05) is 69.3 Å². The minimum atomic E-state index is -0.432. The average Bonchev–Trinajstić information content (AvgIpc) is 2.71. The minimum absolute atomic E-state index is 0.00206. The van der Waals surface area contributed by atoms with Crippen LogP contribution in [0.15, 0.2) is 48.5 Å². The van der Waals surface area contributed by atoms with Crippen LogP contribution < -0.4 is 10.6 Å². The highest BCUT2D eigenvalue weighted by molar-refractivity contribution is 5.82. The predicted octanol–water partition coefficient (Wildman–Crippen LogP) is 3.95. The molecule has 5 rings (SSSR count). The molecule has 0 saturated heterocycles. The van der Waals surface area contributed by atoms with E-state index in [4.69, 9.17) is 0 Å². The molecule has 0 spiro atoms. The Bertz CT molecular complexity index is 881. The van der Waals surface area contributed by atoms with Crippen LogP contribution in [0.25, 0.3) is 0 Å². The Morgan fingerprint density at radius 1 is 0.897 bits per heavy atom. The van der Waals surface area contributed by atoms with Crippen LogP contribution in [0.5, 0.6) is 0 Å². The first kappa shape index (κ1) is 19.7. The van der Waals surface area contributed by atoms with Gasteiger partial charge in [-0.25, -0.2) is 0 Å². The molecule has 2 amide bonds. The van der Waals surface area contributed by atoms with Crippen LogP contribution >= 0.6 is 0 Å². The van der Waals surface area contributed by atoms with Crippen LogP contribution in [0.2, 0.25) is 0 Å². The summed E-state index contributed by atoms with van der Waals surface area (Å²) in [6.45, 7) is 6.67. The number of hydrogen-bond donors (Lipinski definition) is 2. The van der Waals surface area contributed by atoms with Gasteiger partial charge in [0, 0.05) is 36.8 Å². The molecule has 2 aromatic rings. The lowest BCUT2D eigenvalue weighted by atomic mass is 9.59. The summed E-state index contributed by atoms with van der Waals surface area (Å²) in [5.41, 5.74) is 5.30. The first-order chi connectivity index (χ1) is 13.9. The van der Waals surface area contributed by atoms with Crippen molar-refractivity contribution < 1.29 is 9.59 Å². The Kier molecular flexibility index (Phi) is 5.20. The zero-order chi connectivity index (χ0) is 20.6. The molecular weight excluding hydrogens is 360 g/mol. The first-order valence-electron chi connectivity index (χ1n) is 10.6. The lowest BCUT2D eigenvalue weighted by Gasteiger charge is -2.45. The van der Waals surface area contributed by atoms with Gasteiger partial charge in [-0.15, -0.1) is 0 Å². The highest BCUT2D eigenvalue weighted by Gasteiger charge is 2.42. The predicted molar refractivity (Wildman–Crippen MR) is 115 cm³/mol. The minimum Gasteiger partial charge on any atom is -0.356 e. The van der Waals surface area contributed by atoms with Gasteiger partial charge in [0.05, 0.1) is 0 Å². The maximum atomic E-state index is 12.4. The van der Waals surface area contributed by atoms with Crippen molar-refractivity contribution in [1.29, 1.82) is 0 Å². The summed E-state index contributed by atoms with van der Waals surface area (Å²) in [6, 6.07) is 17.5. The van der Waals surface area contributed by atoms with Crippen molar-refractivity contribution in [3.63, 3.8) is 0 Å². The molecule has 0 saturated carbocycles. The number of nitrogens with one attached hydrogen (secondary N) is 2. The van der Waals surface area contributed by atoms with Crippen molar-refractivity contribution in [3.8, 4) is 0 Å². The van der Waals surface area contributed by atoms with E-state index in [1.807, 2.05) is 20.8 Å². The fourth-order valence-electron chi connectivity index (χ4n) is 4.85. The molecule has 2 N–H and O–H groups in total. The molecule has 4 heteroatoms. The van der Waals surface area contributed by atoms with Crippen molar-refractivity contribution in [3.05, 3.63) is 70.8 Å². The van der Waals surface area contributed by atoms with Crippen LogP contribution in [0.4, 0.5) is 0 Å². The smallest absolute Gasteiger partial charge is 0.225 e. The van der Waals surface area contributed by atoms with Crippen LogP contribution in [-0.4, -0.2) is 24.9 Å². The van der Waals surface area contributed by atoms with Crippen molar-refractivity contribution >= 4 is 11.8 Å². The Morgan fingerprint density at radius 3 is 2.00 bits per heavy atom. The van der Waals surface area contributed by atoms with E-state index < -0.39 is 5.41 Å². The van der Waals surface area contributed by atoms with E-state index in [-0.39, 0.29) is 11.8 Å². The van der Waals surface area contributed by atoms with E-state index in [0.717, 1.165) is 6.42 Å². The lowest BCUT2D eigenvalue weighted by Crippen LogP contribution is -2.41. The first-order valence-corrected chi connectivity index (χ1v) is 10.6. The molecule has 0 radical (unpaired) electrons. The second-order valence-electron chi connectivity index (χ2n) is 9.34. The second kappa shape index (κ2) is 7.66. The highest BCUT2D eigenvalue weighted by atomic mass is 16.2. The molecule has 0 heterocycles. The summed E-state index contributed by atoms with van der Waals surface area (Å²) in [7, 11) is 0. The normalized spacial score (nSPS) is 21.8. The number of benzene rings is 2. The molecule has 4 nitrogen and oxygen atoms in total. The maximum absolute atomic E-state index is 12.4. The van der Waals surface area contributed by atoms with Gasteiger partial charge in [0.1, 0.15) is 0 Å². The SMILES string of the molecule is CC(C)(C)C(=O)NCCC(=O)NCC1CC2c3ccccc3C1c1ccccc12. The van der Waals surface area contributed by atoms with Gasteiger partial charge in [-0.2, -0.15) is 0 Å².